The van der Waals surface area contributed by atoms with Crippen LogP contribution in [0.4, 0.5) is 0 Å². The number of carbonyl (C=O) groups is 2. The predicted octanol–water partition coefficient (Wildman–Crippen LogP) is 1.25. The van der Waals surface area contributed by atoms with Crippen molar-refractivity contribution >= 4 is 11.9 Å². The molecule has 0 radical (unpaired) electrons. The molecule has 2 N–H and O–H groups in total. The average molecular weight is 237 g/mol. The van der Waals surface area contributed by atoms with E-state index >= 15 is 0 Å². The second-order valence-corrected chi connectivity index (χ2v) is 3.95. The van der Waals surface area contributed by atoms with Crippen molar-refractivity contribution in [1.82, 2.24) is 4.90 Å². The quantitative estimate of drug-likeness (QED) is 0.829. The van der Waals surface area contributed by atoms with Gasteiger partial charge in [0.15, 0.2) is 0 Å². The monoisotopic (exact) mass is 237 g/mol. The fraction of sp³-hybridized carbons (Fsp3) is 0.333. The molecule has 1 aromatic carbocycles. The number of carbonyl (C=O) groups excluding carboxylic acids is 1. The Bertz CT molecular complexity index is 456. The molecule has 0 saturated heterocycles. The summed E-state index contributed by atoms with van der Waals surface area (Å²) >= 11 is 0. The van der Waals surface area contributed by atoms with Crippen molar-refractivity contribution in [3.8, 4) is 5.75 Å². The minimum atomic E-state index is -1.09. The Kier molecular flexibility index (Phi) is 3.73. The molecule has 5 heteroatoms. The molecule has 0 saturated carbocycles. The van der Waals surface area contributed by atoms with Crippen molar-refractivity contribution in [2.45, 2.75) is 19.9 Å². The van der Waals surface area contributed by atoms with Crippen LogP contribution >= 0.6 is 0 Å². The Morgan fingerprint density at radius 2 is 1.94 bits per heavy atom. The lowest BCUT2D eigenvalue weighted by Crippen LogP contribution is -2.40. The smallest absolute Gasteiger partial charge is 0.326 e. The van der Waals surface area contributed by atoms with Crippen LogP contribution in [-0.4, -0.2) is 40.1 Å². The molecule has 0 bridgehead atoms. The van der Waals surface area contributed by atoms with Crippen molar-refractivity contribution in [3.05, 3.63) is 29.3 Å². The van der Waals surface area contributed by atoms with Gasteiger partial charge in [-0.1, -0.05) is 6.07 Å². The van der Waals surface area contributed by atoms with Crippen LogP contribution in [-0.2, 0) is 4.79 Å². The Labute approximate surface area is 99.3 Å². The van der Waals surface area contributed by atoms with E-state index in [9.17, 15) is 14.7 Å². The van der Waals surface area contributed by atoms with Gasteiger partial charge in [-0.05, 0) is 31.5 Å². The van der Waals surface area contributed by atoms with E-state index in [-0.39, 0.29) is 11.3 Å². The minimum absolute atomic E-state index is 0.103. The standard InChI is InChI=1S/C12H15NO4/c1-7-4-5-9(10(14)6-7)11(15)13(3)8(2)12(16)17/h4-6,8,14H,1-3H3,(H,16,17). The van der Waals surface area contributed by atoms with Gasteiger partial charge in [0.25, 0.3) is 5.91 Å². The number of nitrogens with zero attached hydrogens (tertiary/aromatic N) is 1. The molecule has 1 unspecified atom stereocenters. The number of benzene rings is 1. The zero-order valence-electron chi connectivity index (χ0n) is 9.97. The Balaban J connectivity index is 3.00. The summed E-state index contributed by atoms with van der Waals surface area (Å²) in [6.07, 6.45) is 0. The first-order chi connectivity index (χ1) is 7.84. The van der Waals surface area contributed by atoms with Crippen molar-refractivity contribution < 1.29 is 19.8 Å². The van der Waals surface area contributed by atoms with Gasteiger partial charge in [-0.3, -0.25) is 4.79 Å². The van der Waals surface area contributed by atoms with E-state index in [1.165, 1.54) is 26.1 Å². The Morgan fingerprint density at radius 1 is 1.35 bits per heavy atom. The van der Waals surface area contributed by atoms with E-state index in [2.05, 4.69) is 0 Å². The van der Waals surface area contributed by atoms with Gasteiger partial charge in [0.05, 0.1) is 5.56 Å². The molecule has 1 amide bonds. The lowest BCUT2D eigenvalue weighted by Gasteiger charge is -2.21. The number of phenolic OH excluding ortho intramolecular Hbond substituents is 1. The lowest BCUT2D eigenvalue weighted by atomic mass is 10.1. The molecule has 0 spiro atoms. The van der Waals surface area contributed by atoms with Crippen LogP contribution in [0.5, 0.6) is 5.75 Å². The first-order valence-corrected chi connectivity index (χ1v) is 5.14. The highest BCUT2D eigenvalue weighted by Gasteiger charge is 2.24. The second kappa shape index (κ2) is 4.86. The number of aromatic hydroxyl groups is 1. The zero-order chi connectivity index (χ0) is 13.2. The number of carboxylic acid groups (broad SMARTS) is 1. The van der Waals surface area contributed by atoms with Crippen LogP contribution < -0.4 is 0 Å². The Morgan fingerprint density at radius 3 is 2.41 bits per heavy atom. The van der Waals surface area contributed by atoms with Crippen LogP contribution in [0.1, 0.15) is 22.8 Å². The van der Waals surface area contributed by atoms with Crippen LogP contribution in [0.3, 0.4) is 0 Å². The van der Waals surface area contributed by atoms with Crippen molar-refractivity contribution in [1.29, 1.82) is 0 Å². The predicted molar refractivity (Wildman–Crippen MR) is 62.0 cm³/mol. The first kappa shape index (κ1) is 13.0. The third-order valence-electron chi connectivity index (χ3n) is 2.64. The number of carboxylic acids is 1. The maximum Gasteiger partial charge on any atom is 0.326 e. The maximum atomic E-state index is 11.9. The van der Waals surface area contributed by atoms with Gasteiger partial charge in [0, 0.05) is 7.05 Å². The number of likely N-dealkylation sites (N-methyl/N-ethyl adjacent to an activating group) is 1. The molecule has 1 aromatic rings. The molecule has 1 atom stereocenters. The molecule has 0 aliphatic rings. The SMILES string of the molecule is Cc1ccc(C(=O)N(C)C(C)C(=O)O)c(O)c1. The highest BCUT2D eigenvalue weighted by molar-refractivity contribution is 5.98. The lowest BCUT2D eigenvalue weighted by molar-refractivity contribution is -0.141. The van der Waals surface area contributed by atoms with Crippen LogP contribution in [0, 0.1) is 6.92 Å². The van der Waals surface area contributed by atoms with Crippen molar-refractivity contribution in [2.75, 3.05) is 7.05 Å². The summed E-state index contributed by atoms with van der Waals surface area (Å²) < 4.78 is 0. The largest absolute Gasteiger partial charge is 0.507 e. The first-order valence-electron chi connectivity index (χ1n) is 5.14. The number of amides is 1. The molecule has 0 aliphatic heterocycles. The van der Waals surface area contributed by atoms with Crippen molar-refractivity contribution in [3.63, 3.8) is 0 Å². The van der Waals surface area contributed by atoms with E-state index in [1.807, 2.05) is 0 Å². The molecule has 0 aliphatic carbocycles. The van der Waals surface area contributed by atoms with Gasteiger partial charge in [-0.2, -0.15) is 0 Å². The van der Waals surface area contributed by atoms with Gasteiger partial charge < -0.3 is 15.1 Å². The van der Waals surface area contributed by atoms with Gasteiger partial charge in [-0.15, -0.1) is 0 Å². The minimum Gasteiger partial charge on any atom is -0.507 e. The van der Waals surface area contributed by atoms with E-state index in [0.717, 1.165) is 10.5 Å². The summed E-state index contributed by atoms with van der Waals surface area (Å²) in [6, 6.07) is 3.69. The number of aryl methyl sites for hydroxylation is 1. The molecule has 0 heterocycles. The van der Waals surface area contributed by atoms with Gasteiger partial charge in [-0.25, -0.2) is 4.79 Å². The maximum absolute atomic E-state index is 11.9. The molecular weight excluding hydrogens is 222 g/mol. The zero-order valence-corrected chi connectivity index (χ0v) is 9.97. The second-order valence-electron chi connectivity index (χ2n) is 3.95. The molecule has 5 nitrogen and oxygen atoms in total. The number of hydrogen-bond donors (Lipinski definition) is 2. The third-order valence-corrected chi connectivity index (χ3v) is 2.64. The van der Waals surface area contributed by atoms with Crippen LogP contribution in [0.2, 0.25) is 0 Å². The number of aliphatic carboxylic acids is 1. The van der Waals surface area contributed by atoms with E-state index in [0.29, 0.717) is 0 Å². The van der Waals surface area contributed by atoms with E-state index in [4.69, 9.17) is 5.11 Å². The number of rotatable bonds is 3. The van der Waals surface area contributed by atoms with Crippen LogP contribution in [0.25, 0.3) is 0 Å². The molecule has 0 fully saturated rings. The number of hydrogen-bond acceptors (Lipinski definition) is 3. The Hall–Kier alpha value is -2.04. The molecule has 92 valence electrons. The summed E-state index contributed by atoms with van der Waals surface area (Å²) in [6.45, 7) is 3.20. The van der Waals surface area contributed by atoms with E-state index < -0.39 is 17.9 Å². The molecule has 1 rings (SSSR count). The van der Waals surface area contributed by atoms with Gasteiger partial charge in [0.1, 0.15) is 11.8 Å². The average Bonchev–Trinajstić information content (AvgIpc) is 2.26. The fourth-order valence-electron chi connectivity index (χ4n) is 1.35. The fourth-order valence-corrected chi connectivity index (χ4v) is 1.35. The summed E-state index contributed by atoms with van der Waals surface area (Å²) in [5.74, 6) is -1.75. The van der Waals surface area contributed by atoms with E-state index in [1.54, 1.807) is 13.0 Å². The topological polar surface area (TPSA) is 77.8 Å². The van der Waals surface area contributed by atoms with Crippen molar-refractivity contribution in [2.24, 2.45) is 0 Å². The van der Waals surface area contributed by atoms with Gasteiger partial charge in [0.2, 0.25) is 0 Å². The normalized spacial score (nSPS) is 11.9. The molecule has 0 aromatic heterocycles. The summed E-state index contributed by atoms with van der Waals surface area (Å²) in [7, 11) is 1.39. The van der Waals surface area contributed by atoms with Gasteiger partial charge >= 0.3 is 5.97 Å². The number of phenols is 1. The molecular formula is C12H15NO4. The highest BCUT2D eigenvalue weighted by Crippen LogP contribution is 2.20. The summed E-state index contributed by atoms with van der Waals surface area (Å²) in [5.41, 5.74) is 0.930. The molecule has 17 heavy (non-hydrogen) atoms. The summed E-state index contributed by atoms with van der Waals surface area (Å²) in [5, 5.41) is 18.4. The highest BCUT2D eigenvalue weighted by atomic mass is 16.4. The van der Waals surface area contributed by atoms with Crippen LogP contribution in [0.15, 0.2) is 18.2 Å². The summed E-state index contributed by atoms with van der Waals surface area (Å²) in [4.78, 5) is 23.8. The third kappa shape index (κ3) is 2.75.